The van der Waals surface area contributed by atoms with Gasteiger partial charge in [0.1, 0.15) is 6.10 Å². The summed E-state index contributed by atoms with van der Waals surface area (Å²) < 4.78 is 5.63. The second kappa shape index (κ2) is 2.57. The molecule has 0 aromatic carbocycles. The van der Waals surface area contributed by atoms with Gasteiger partial charge in [0.2, 0.25) is 0 Å². The number of hydrogen-bond acceptors (Lipinski definition) is 1. The Morgan fingerprint density at radius 2 is 2.45 bits per heavy atom. The minimum Gasteiger partial charge on any atom is -0.486 e. The Morgan fingerprint density at radius 3 is 3.18 bits per heavy atom. The molecule has 0 N–H and O–H groups in total. The number of allylic oxidation sites excluding steroid dienone is 3. The van der Waals surface area contributed by atoms with Crippen molar-refractivity contribution in [2.24, 2.45) is 0 Å². The first kappa shape index (κ1) is 6.71. The predicted octanol–water partition coefficient (Wildman–Crippen LogP) is 2.57. The zero-order valence-corrected chi connectivity index (χ0v) is 6.71. The quantitative estimate of drug-likeness (QED) is 0.584. The smallest absolute Gasteiger partial charge is 0.142 e. The Labute approximate surface area is 67.1 Å². The zero-order valence-electron chi connectivity index (χ0n) is 6.71. The fraction of sp³-hybridized carbons (Fsp3) is 0.400. The monoisotopic (exact) mass is 148 g/mol. The van der Waals surface area contributed by atoms with Crippen LogP contribution in [0.25, 0.3) is 0 Å². The molecule has 2 rings (SSSR count). The molecule has 0 saturated carbocycles. The molecule has 1 heterocycles. The Bertz CT molecular complexity index is 246. The molecule has 11 heavy (non-hydrogen) atoms. The van der Waals surface area contributed by atoms with Crippen molar-refractivity contribution < 1.29 is 4.74 Å². The van der Waals surface area contributed by atoms with E-state index in [1.54, 1.807) is 0 Å². The molecule has 0 radical (unpaired) electrons. The predicted molar refractivity (Wildman–Crippen MR) is 45.1 cm³/mol. The lowest BCUT2D eigenvalue weighted by atomic mass is 10.2. The van der Waals surface area contributed by atoms with Gasteiger partial charge in [-0.25, -0.2) is 0 Å². The standard InChI is InChI=1S/C10H12O/c1-2-4-9-7-8-5-3-6-10(8)11-9/h3,5-7,10H,2,4H2,1H3. The van der Waals surface area contributed by atoms with Gasteiger partial charge in [0, 0.05) is 6.42 Å². The van der Waals surface area contributed by atoms with Gasteiger partial charge in [0.15, 0.2) is 0 Å². The fourth-order valence-corrected chi connectivity index (χ4v) is 1.47. The fourth-order valence-electron chi connectivity index (χ4n) is 1.47. The summed E-state index contributed by atoms with van der Waals surface area (Å²) >= 11 is 0. The molecule has 0 saturated heterocycles. The third-order valence-corrected chi connectivity index (χ3v) is 2.01. The Hall–Kier alpha value is -0.980. The molecular formula is C10H12O. The van der Waals surface area contributed by atoms with Gasteiger partial charge in [0.25, 0.3) is 0 Å². The van der Waals surface area contributed by atoms with Crippen molar-refractivity contribution in [3.05, 3.63) is 35.6 Å². The largest absolute Gasteiger partial charge is 0.486 e. The maximum atomic E-state index is 5.63. The summed E-state index contributed by atoms with van der Waals surface area (Å²) in [5.74, 6) is 1.15. The Kier molecular flexibility index (Phi) is 1.57. The summed E-state index contributed by atoms with van der Waals surface area (Å²) in [5, 5.41) is 0. The number of rotatable bonds is 2. The Balaban J connectivity index is 2.09. The van der Waals surface area contributed by atoms with Crippen LogP contribution in [0.3, 0.4) is 0 Å². The van der Waals surface area contributed by atoms with Crippen LogP contribution >= 0.6 is 0 Å². The van der Waals surface area contributed by atoms with E-state index < -0.39 is 0 Å². The van der Waals surface area contributed by atoms with Gasteiger partial charge in [-0.2, -0.15) is 0 Å². The zero-order chi connectivity index (χ0) is 7.68. The lowest BCUT2D eigenvalue weighted by Crippen LogP contribution is -2.00. The van der Waals surface area contributed by atoms with Crippen molar-refractivity contribution in [3.8, 4) is 0 Å². The Morgan fingerprint density at radius 1 is 1.55 bits per heavy atom. The van der Waals surface area contributed by atoms with Crippen LogP contribution in [0.2, 0.25) is 0 Å². The van der Waals surface area contributed by atoms with Crippen molar-refractivity contribution >= 4 is 0 Å². The second-order valence-electron chi connectivity index (χ2n) is 2.95. The van der Waals surface area contributed by atoms with Gasteiger partial charge < -0.3 is 4.74 Å². The second-order valence-corrected chi connectivity index (χ2v) is 2.95. The summed E-state index contributed by atoms with van der Waals surface area (Å²) in [6.07, 6.45) is 10.9. The highest BCUT2D eigenvalue weighted by molar-refractivity contribution is 5.41. The molecule has 1 aliphatic carbocycles. The highest BCUT2D eigenvalue weighted by atomic mass is 16.5. The van der Waals surface area contributed by atoms with E-state index in [2.05, 4.69) is 31.2 Å². The number of ether oxygens (including phenoxy) is 1. The first-order valence-electron chi connectivity index (χ1n) is 4.16. The molecule has 0 amide bonds. The summed E-state index contributed by atoms with van der Waals surface area (Å²) in [7, 11) is 0. The van der Waals surface area contributed by atoms with Crippen LogP contribution in [0, 0.1) is 0 Å². The summed E-state index contributed by atoms with van der Waals surface area (Å²) in [6, 6.07) is 0. The van der Waals surface area contributed by atoms with Crippen LogP contribution in [-0.4, -0.2) is 6.10 Å². The van der Waals surface area contributed by atoms with Crippen LogP contribution in [0.15, 0.2) is 35.6 Å². The van der Waals surface area contributed by atoms with E-state index in [9.17, 15) is 0 Å². The SMILES string of the molecule is CCCC1=CC2=CC=CC2O1. The molecule has 1 aliphatic heterocycles. The summed E-state index contributed by atoms with van der Waals surface area (Å²) in [4.78, 5) is 0. The van der Waals surface area contributed by atoms with Crippen molar-refractivity contribution in [3.63, 3.8) is 0 Å². The molecule has 2 aliphatic rings. The van der Waals surface area contributed by atoms with Gasteiger partial charge >= 0.3 is 0 Å². The van der Waals surface area contributed by atoms with E-state index in [1.807, 2.05) is 0 Å². The van der Waals surface area contributed by atoms with Crippen LogP contribution in [-0.2, 0) is 4.74 Å². The van der Waals surface area contributed by atoms with Crippen LogP contribution in [0.4, 0.5) is 0 Å². The van der Waals surface area contributed by atoms with Crippen molar-refractivity contribution in [1.82, 2.24) is 0 Å². The van der Waals surface area contributed by atoms with Crippen molar-refractivity contribution in [1.29, 1.82) is 0 Å². The normalized spacial score (nSPS) is 26.1. The third kappa shape index (κ3) is 1.11. The van der Waals surface area contributed by atoms with Crippen molar-refractivity contribution in [2.45, 2.75) is 25.9 Å². The molecule has 1 atom stereocenters. The highest BCUT2D eigenvalue weighted by Crippen LogP contribution is 2.29. The van der Waals surface area contributed by atoms with Gasteiger partial charge in [-0.15, -0.1) is 0 Å². The summed E-state index contributed by atoms with van der Waals surface area (Å²) in [6.45, 7) is 2.17. The van der Waals surface area contributed by atoms with Gasteiger partial charge in [-0.05, 0) is 24.1 Å². The minimum absolute atomic E-state index is 0.247. The first-order chi connectivity index (χ1) is 5.40. The molecule has 0 bridgehead atoms. The average molecular weight is 148 g/mol. The molecule has 0 spiro atoms. The van der Waals surface area contributed by atoms with Crippen LogP contribution in [0.1, 0.15) is 19.8 Å². The molecule has 1 nitrogen and oxygen atoms in total. The molecule has 0 fully saturated rings. The lowest BCUT2D eigenvalue weighted by molar-refractivity contribution is 0.196. The lowest BCUT2D eigenvalue weighted by Gasteiger charge is -2.06. The van der Waals surface area contributed by atoms with Crippen LogP contribution in [0.5, 0.6) is 0 Å². The molecule has 1 unspecified atom stereocenters. The molecule has 0 aromatic heterocycles. The van der Waals surface area contributed by atoms with E-state index in [-0.39, 0.29) is 6.10 Å². The third-order valence-electron chi connectivity index (χ3n) is 2.01. The van der Waals surface area contributed by atoms with Gasteiger partial charge in [-0.3, -0.25) is 0 Å². The minimum atomic E-state index is 0.247. The highest BCUT2D eigenvalue weighted by Gasteiger charge is 2.21. The van der Waals surface area contributed by atoms with E-state index >= 15 is 0 Å². The summed E-state index contributed by atoms with van der Waals surface area (Å²) in [5.41, 5.74) is 1.31. The van der Waals surface area contributed by atoms with Crippen molar-refractivity contribution in [2.75, 3.05) is 0 Å². The average Bonchev–Trinajstić information content (AvgIpc) is 2.46. The van der Waals surface area contributed by atoms with Gasteiger partial charge in [-0.1, -0.05) is 19.1 Å². The van der Waals surface area contributed by atoms with E-state index in [0.717, 1.165) is 18.6 Å². The number of fused-ring (bicyclic) bond motifs is 1. The van der Waals surface area contributed by atoms with E-state index in [1.165, 1.54) is 5.57 Å². The van der Waals surface area contributed by atoms with Gasteiger partial charge in [0.05, 0.1) is 5.76 Å². The first-order valence-corrected chi connectivity index (χ1v) is 4.16. The molecule has 0 aromatic rings. The maximum absolute atomic E-state index is 5.63. The van der Waals surface area contributed by atoms with Crippen LogP contribution < -0.4 is 0 Å². The molecular weight excluding hydrogens is 136 g/mol. The van der Waals surface area contributed by atoms with E-state index in [0.29, 0.717) is 0 Å². The topological polar surface area (TPSA) is 9.23 Å². The number of hydrogen-bond donors (Lipinski definition) is 0. The molecule has 58 valence electrons. The molecule has 1 heteroatoms. The van der Waals surface area contributed by atoms with E-state index in [4.69, 9.17) is 4.74 Å². The maximum Gasteiger partial charge on any atom is 0.142 e.